The van der Waals surface area contributed by atoms with Gasteiger partial charge in [0.1, 0.15) is 17.0 Å². The van der Waals surface area contributed by atoms with E-state index >= 15 is 0 Å². The maximum absolute atomic E-state index is 6.47. The van der Waals surface area contributed by atoms with E-state index in [1.807, 2.05) is 60.8 Å². The van der Waals surface area contributed by atoms with Gasteiger partial charge in [-0.05, 0) is 53.4 Å². The van der Waals surface area contributed by atoms with Gasteiger partial charge in [-0.2, -0.15) is 12.1 Å². The molecule has 0 spiro atoms. The predicted molar refractivity (Wildman–Crippen MR) is 193 cm³/mol. The van der Waals surface area contributed by atoms with Crippen molar-refractivity contribution in [2.45, 2.75) is 26.2 Å². The van der Waals surface area contributed by atoms with Crippen LogP contribution in [0.4, 0.5) is 22.7 Å². The van der Waals surface area contributed by atoms with Crippen LogP contribution in [0.2, 0.25) is 0 Å². The van der Waals surface area contributed by atoms with E-state index in [-0.39, 0.29) is 26.5 Å². The number of hydrogen-bond acceptors (Lipinski definition) is 5. The van der Waals surface area contributed by atoms with Crippen molar-refractivity contribution in [1.29, 1.82) is 0 Å². The summed E-state index contributed by atoms with van der Waals surface area (Å²) >= 11 is 0. The molecule has 49 heavy (non-hydrogen) atoms. The molecule has 5 aromatic carbocycles. The zero-order valence-corrected chi connectivity index (χ0v) is 29.4. The number of para-hydroxylation sites is 4. The average molecular weight is 819 g/mol. The SMILES string of the molecule is CC(C)(C)c1ccc(-n2c3[c-]c(Oc4[c-]c(N5[CH-]N(c6ccccc6)c6ccccc65)ccc4)ccc3c3oc4ccccc4c32)nc1.[Pt]. The van der Waals surface area contributed by atoms with Crippen molar-refractivity contribution < 1.29 is 30.2 Å². The second kappa shape index (κ2) is 12.0. The third-order valence-corrected chi connectivity index (χ3v) is 8.90. The first-order valence-electron chi connectivity index (χ1n) is 16.0. The minimum atomic E-state index is -0.00510. The zero-order chi connectivity index (χ0) is 32.4. The molecule has 0 N–H and O–H groups in total. The molecule has 0 radical (unpaired) electrons. The van der Waals surface area contributed by atoms with Crippen LogP contribution < -0.4 is 14.5 Å². The van der Waals surface area contributed by atoms with Crippen molar-refractivity contribution in [2.24, 2.45) is 0 Å². The molecule has 0 atom stereocenters. The first kappa shape index (κ1) is 31.0. The quantitative estimate of drug-likeness (QED) is 0.162. The van der Waals surface area contributed by atoms with Gasteiger partial charge in [0.05, 0.1) is 5.52 Å². The fraction of sp³-hybridized carbons (Fsp3) is 0.0952. The molecule has 0 saturated carbocycles. The minimum Gasteiger partial charge on any atom is -0.509 e. The molecule has 3 aromatic heterocycles. The largest absolute Gasteiger partial charge is 0.509 e. The summed E-state index contributed by atoms with van der Waals surface area (Å²) in [5.74, 6) is 1.96. The van der Waals surface area contributed by atoms with E-state index in [0.717, 1.165) is 61.5 Å². The van der Waals surface area contributed by atoms with Gasteiger partial charge in [0, 0.05) is 61.2 Å². The number of benzene rings is 5. The summed E-state index contributed by atoms with van der Waals surface area (Å²) in [6, 6.07) is 48.0. The Hall–Kier alpha value is -5.32. The molecule has 0 aliphatic carbocycles. The average Bonchev–Trinajstić information content (AvgIpc) is 3.78. The smallest absolute Gasteiger partial charge is 0.135 e. The van der Waals surface area contributed by atoms with Gasteiger partial charge in [0.15, 0.2) is 0 Å². The molecular weight excluding hydrogens is 788 g/mol. The van der Waals surface area contributed by atoms with Crippen LogP contribution in [0.3, 0.4) is 0 Å². The van der Waals surface area contributed by atoms with Crippen LogP contribution >= 0.6 is 0 Å². The third-order valence-electron chi connectivity index (χ3n) is 8.90. The molecule has 0 unspecified atom stereocenters. The molecule has 4 heterocycles. The Bertz CT molecular complexity index is 2460. The molecule has 7 heteroatoms. The standard InChI is InChI=1S/C42H31N4O2.Pt/c1-42(2,3)28-20-23-39(43-26-28)46-37-25-32(21-22-33(37)41-40(46)34-16-7-10-19-38(34)48-41)47-31-15-11-14-30(24-31)45-27-44(29-12-5-4-6-13-29)35-17-8-9-18-36(35)45;/h4-23,26-27H,1-3H3;/q-3;. The Balaban J connectivity index is 0.00000348. The number of furan rings is 1. The van der Waals surface area contributed by atoms with E-state index < -0.39 is 0 Å². The maximum Gasteiger partial charge on any atom is 0.135 e. The number of pyridine rings is 1. The summed E-state index contributed by atoms with van der Waals surface area (Å²) < 4.78 is 15.0. The summed E-state index contributed by atoms with van der Waals surface area (Å²) in [4.78, 5) is 9.26. The Kier molecular flexibility index (Phi) is 7.57. The molecule has 0 bridgehead atoms. The van der Waals surface area contributed by atoms with Crippen LogP contribution in [0.25, 0.3) is 38.8 Å². The Morgan fingerprint density at radius 1 is 0.694 bits per heavy atom. The van der Waals surface area contributed by atoms with Crippen molar-refractivity contribution in [2.75, 3.05) is 9.80 Å². The van der Waals surface area contributed by atoms with E-state index in [2.05, 4.69) is 121 Å². The molecule has 0 amide bonds. The molecule has 8 aromatic rings. The number of fused-ring (bicyclic) bond motifs is 6. The van der Waals surface area contributed by atoms with Gasteiger partial charge in [-0.3, -0.25) is 0 Å². The van der Waals surface area contributed by atoms with Crippen LogP contribution in [-0.4, -0.2) is 9.55 Å². The van der Waals surface area contributed by atoms with Gasteiger partial charge in [-0.15, -0.1) is 42.7 Å². The van der Waals surface area contributed by atoms with Gasteiger partial charge >= 0.3 is 0 Å². The predicted octanol–water partition coefficient (Wildman–Crippen LogP) is 11.0. The van der Waals surface area contributed by atoms with Gasteiger partial charge < -0.3 is 23.5 Å². The maximum atomic E-state index is 6.47. The van der Waals surface area contributed by atoms with Crippen molar-refractivity contribution in [3.63, 3.8) is 0 Å². The van der Waals surface area contributed by atoms with Gasteiger partial charge in [-0.1, -0.05) is 80.2 Å². The normalized spacial score (nSPS) is 12.9. The zero-order valence-electron chi connectivity index (χ0n) is 27.1. The topological polar surface area (TPSA) is 46.7 Å². The van der Waals surface area contributed by atoms with Crippen molar-refractivity contribution >= 4 is 55.7 Å². The first-order valence-corrected chi connectivity index (χ1v) is 16.0. The van der Waals surface area contributed by atoms with Crippen LogP contribution in [-0.2, 0) is 26.5 Å². The molecule has 9 rings (SSSR count). The molecule has 0 fully saturated rings. The van der Waals surface area contributed by atoms with E-state index in [4.69, 9.17) is 14.1 Å². The Labute approximate surface area is 299 Å². The third kappa shape index (κ3) is 5.28. The van der Waals surface area contributed by atoms with Gasteiger partial charge in [0.25, 0.3) is 0 Å². The first-order chi connectivity index (χ1) is 23.4. The van der Waals surface area contributed by atoms with E-state index in [1.54, 1.807) is 0 Å². The molecule has 244 valence electrons. The molecule has 1 aliphatic heterocycles. The van der Waals surface area contributed by atoms with E-state index in [1.165, 1.54) is 5.56 Å². The summed E-state index contributed by atoms with van der Waals surface area (Å²) in [5, 5.41) is 1.96. The number of rotatable bonds is 5. The fourth-order valence-corrected chi connectivity index (χ4v) is 6.47. The molecule has 6 nitrogen and oxygen atoms in total. The number of nitrogens with zero attached hydrogens (tertiary/aromatic N) is 4. The molecular formula is C42H31N4O2Pt-3. The van der Waals surface area contributed by atoms with Crippen LogP contribution in [0, 0.1) is 18.8 Å². The summed E-state index contributed by atoms with van der Waals surface area (Å²) in [5.41, 5.74) is 8.73. The summed E-state index contributed by atoms with van der Waals surface area (Å²) in [6.45, 7) is 8.68. The van der Waals surface area contributed by atoms with Crippen molar-refractivity contribution in [1.82, 2.24) is 9.55 Å². The second-order valence-corrected chi connectivity index (χ2v) is 13.0. The number of hydrogen-bond donors (Lipinski definition) is 0. The number of anilines is 4. The van der Waals surface area contributed by atoms with Crippen LogP contribution in [0.5, 0.6) is 11.5 Å². The minimum absolute atomic E-state index is 0. The molecule has 0 saturated heterocycles. The van der Waals surface area contributed by atoms with Gasteiger partial charge in [0.2, 0.25) is 0 Å². The van der Waals surface area contributed by atoms with Crippen LogP contribution in [0.1, 0.15) is 26.3 Å². The monoisotopic (exact) mass is 818 g/mol. The van der Waals surface area contributed by atoms with Crippen molar-refractivity contribution in [3.8, 4) is 17.3 Å². The summed E-state index contributed by atoms with van der Waals surface area (Å²) in [7, 11) is 0. The summed E-state index contributed by atoms with van der Waals surface area (Å²) in [6.07, 6.45) is 1.96. The number of aromatic nitrogens is 2. The molecule has 1 aliphatic rings. The van der Waals surface area contributed by atoms with E-state index in [0.29, 0.717) is 11.5 Å². The van der Waals surface area contributed by atoms with Crippen LogP contribution in [0.15, 0.2) is 132 Å². The second-order valence-electron chi connectivity index (χ2n) is 13.0. The fourth-order valence-electron chi connectivity index (χ4n) is 6.47. The number of ether oxygens (including phenoxy) is 1. The van der Waals surface area contributed by atoms with Gasteiger partial charge in [-0.25, -0.2) is 4.98 Å². The Morgan fingerprint density at radius 2 is 1.43 bits per heavy atom. The van der Waals surface area contributed by atoms with E-state index in [9.17, 15) is 0 Å². The Morgan fingerprint density at radius 3 is 2.20 bits per heavy atom. The van der Waals surface area contributed by atoms with Crippen molar-refractivity contribution in [3.05, 3.63) is 152 Å².